The molecule has 0 radical (unpaired) electrons. The Morgan fingerprint density at radius 3 is 2.55 bits per heavy atom. The smallest absolute Gasteiger partial charge is 0.266 e. The lowest BCUT2D eigenvalue weighted by molar-refractivity contribution is -0.120. The molecule has 7 nitrogen and oxygen atoms in total. The van der Waals surface area contributed by atoms with Gasteiger partial charge in [0.1, 0.15) is 11.5 Å². The van der Waals surface area contributed by atoms with E-state index in [1.54, 1.807) is 36.3 Å². The van der Waals surface area contributed by atoms with Gasteiger partial charge in [-0.15, -0.1) is 12.4 Å². The topological polar surface area (TPSA) is 64.1 Å². The van der Waals surface area contributed by atoms with Crippen LogP contribution >= 0.6 is 35.3 Å². The van der Waals surface area contributed by atoms with E-state index >= 15 is 0 Å². The monoisotopic (exact) mass is 511 g/mol. The molecule has 3 aromatic rings. The Morgan fingerprint density at radius 1 is 1.18 bits per heavy atom. The highest BCUT2D eigenvalue weighted by Crippen LogP contribution is 2.35. The molecule has 10 heteroatoms. The van der Waals surface area contributed by atoms with Gasteiger partial charge in [-0.25, -0.2) is 4.98 Å². The predicted molar refractivity (Wildman–Crippen MR) is 135 cm³/mol. The highest BCUT2D eigenvalue weighted by Gasteiger charge is 2.23. The SMILES string of the molecule is COc1ccc(OCC(=O)N(CCN2CCOCC2)c2nc3c(C)ccc(Cl)c3s2)cc1.Cl. The van der Waals surface area contributed by atoms with E-state index in [0.717, 1.165) is 41.2 Å². The molecule has 0 spiro atoms. The summed E-state index contributed by atoms with van der Waals surface area (Å²) in [5, 5.41) is 1.28. The number of benzene rings is 2. The molecule has 1 fully saturated rings. The summed E-state index contributed by atoms with van der Waals surface area (Å²) in [6, 6.07) is 11.0. The number of carbonyl (C=O) groups excluding carboxylic acids is 1. The molecule has 0 atom stereocenters. The summed E-state index contributed by atoms with van der Waals surface area (Å²) in [6.45, 7) is 6.30. The Labute approximate surface area is 208 Å². The van der Waals surface area contributed by atoms with Crippen molar-refractivity contribution in [1.29, 1.82) is 0 Å². The third kappa shape index (κ3) is 6.28. The van der Waals surface area contributed by atoms with Gasteiger partial charge < -0.3 is 14.2 Å². The second-order valence-electron chi connectivity index (χ2n) is 7.50. The van der Waals surface area contributed by atoms with Gasteiger partial charge in [-0.2, -0.15) is 0 Å². The van der Waals surface area contributed by atoms with Crippen molar-refractivity contribution in [3.63, 3.8) is 0 Å². The molecule has 0 saturated carbocycles. The molecule has 0 unspecified atom stereocenters. The number of halogens is 2. The summed E-state index contributed by atoms with van der Waals surface area (Å²) in [7, 11) is 1.61. The zero-order valence-corrected chi connectivity index (χ0v) is 21.0. The summed E-state index contributed by atoms with van der Waals surface area (Å²) in [5.41, 5.74) is 1.86. The number of aromatic nitrogens is 1. The van der Waals surface area contributed by atoms with Gasteiger partial charge >= 0.3 is 0 Å². The lowest BCUT2D eigenvalue weighted by Gasteiger charge is -2.29. The number of thiazole rings is 1. The molecule has 4 rings (SSSR count). The highest BCUT2D eigenvalue weighted by molar-refractivity contribution is 7.23. The molecule has 0 aliphatic carbocycles. The number of hydrogen-bond donors (Lipinski definition) is 0. The molecule has 1 saturated heterocycles. The molecule has 2 aromatic carbocycles. The number of hydrogen-bond acceptors (Lipinski definition) is 7. The molecule has 1 aliphatic heterocycles. The fraction of sp³-hybridized carbons (Fsp3) is 0.391. The maximum atomic E-state index is 13.2. The zero-order chi connectivity index (χ0) is 22.5. The molecule has 1 aliphatic rings. The number of anilines is 1. The molecule has 0 N–H and O–H groups in total. The van der Waals surface area contributed by atoms with E-state index in [9.17, 15) is 4.79 Å². The second kappa shape index (κ2) is 11.9. The van der Waals surface area contributed by atoms with Crippen molar-refractivity contribution >= 4 is 56.6 Å². The van der Waals surface area contributed by atoms with Crippen molar-refractivity contribution in [3.05, 3.63) is 47.0 Å². The minimum atomic E-state index is -0.151. The summed E-state index contributed by atoms with van der Waals surface area (Å²) >= 11 is 7.84. The second-order valence-corrected chi connectivity index (χ2v) is 8.89. The molecule has 0 bridgehead atoms. The number of ether oxygens (including phenoxy) is 3. The van der Waals surface area contributed by atoms with Gasteiger partial charge in [0.15, 0.2) is 11.7 Å². The number of rotatable bonds is 8. The lowest BCUT2D eigenvalue weighted by Crippen LogP contribution is -2.44. The summed E-state index contributed by atoms with van der Waals surface area (Å²) in [5.74, 6) is 1.19. The molecule has 1 amide bonds. The quantitative estimate of drug-likeness (QED) is 0.445. The third-order valence-corrected chi connectivity index (χ3v) is 6.92. The van der Waals surface area contributed by atoms with E-state index in [2.05, 4.69) is 4.90 Å². The minimum absolute atomic E-state index is 0. The third-order valence-electron chi connectivity index (χ3n) is 5.38. The van der Waals surface area contributed by atoms with Crippen LogP contribution in [-0.4, -0.2) is 68.9 Å². The van der Waals surface area contributed by atoms with Gasteiger partial charge in [0.25, 0.3) is 5.91 Å². The Bertz CT molecular complexity index is 1030. The number of methoxy groups -OCH3 is 1. The van der Waals surface area contributed by atoms with Crippen molar-refractivity contribution in [2.45, 2.75) is 6.92 Å². The molecule has 178 valence electrons. The Balaban J connectivity index is 0.00000306. The number of fused-ring (bicyclic) bond motifs is 1. The van der Waals surface area contributed by atoms with Crippen LogP contribution in [0.5, 0.6) is 11.5 Å². The number of carbonyl (C=O) groups is 1. The molecular formula is C23H27Cl2N3O4S. The Kier molecular flexibility index (Phi) is 9.17. The van der Waals surface area contributed by atoms with Crippen LogP contribution in [-0.2, 0) is 9.53 Å². The minimum Gasteiger partial charge on any atom is -0.497 e. The fourth-order valence-corrected chi connectivity index (χ4v) is 4.85. The highest BCUT2D eigenvalue weighted by atomic mass is 35.5. The van der Waals surface area contributed by atoms with E-state index in [0.29, 0.717) is 35.7 Å². The zero-order valence-electron chi connectivity index (χ0n) is 18.6. The number of amides is 1. The predicted octanol–water partition coefficient (Wildman–Crippen LogP) is 4.43. The van der Waals surface area contributed by atoms with E-state index < -0.39 is 0 Å². The van der Waals surface area contributed by atoms with Crippen LogP contribution in [0.15, 0.2) is 36.4 Å². The first-order valence-electron chi connectivity index (χ1n) is 10.5. The van der Waals surface area contributed by atoms with Crippen LogP contribution in [0.3, 0.4) is 0 Å². The van der Waals surface area contributed by atoms with Crippen molar-refractivity contribution in [2.24, 2.45) is 0 Å². The summed E-state index contributed by atoms with van der Waals surface area (Å²) < 4.78 is 17.2. The van der Waals surface area contributed by atoms with Gasteiger partial charge in [-0.1, -0.05) is 29.0 Å². The number of aryl methyl sites for hydroxylation is 1. The lowest BCUT2D eigenvalue weighted by atomic mass is 10.2. The summed E-state index contributed by atoms with van der Waals surface area (Å²) in [4.78, 5) is 22.0. The van der Waals surface area contributed by atoms with Gasteiger partial charge in [0.05, 0.1) is 35.6 Å². The largest absolute Gasteiger partial charge is 0.497 e. The first-order chi connectivity index (χ1) is 15.5. The maximum Gasteiger partial charge on any atom is 0.266 e. The first-order valence-corrected chi connectivity index (χ1v) is 11.7. The average Bonchev–Trinajstić information content (AvgIpc) is 3.28. The van der Waals surface area contributed by atoms with Crippen LogP contribution in [0.2, 0.25) is 5.02 Å². The van der Waals surface area contributed by atoms with E-state index in [4.69, 9.17) is 30.8 Å². The molecular weight excluding hydrogens is 485 g/mol. The van der Waals surface area contributed by atoms with Crippen LogP contribution in [0.25, 0.3) is 10.2 Å². The van der Waals surface area contributed by atoms with Gasteiger partial charge in [0.2, 0.25) is 0 Å². The van der Waals surface area contributed by atoms with Gasteiger partial charge in [-0.05, 0) is 42.8 Å². The van der Waals surface area contributed by atoms with Crippen molar-refractivity contribution in [2.75, 3.05) is 58.0 Å². The van der Waals surface area contributed by atoms with Crippen LogP contribution in [0.1, 0.15) is 5.56 Å². The van der Waals surface area contributed by atoms with Crippen LogP contribution in [0, 0.1) is 6.92 Å². The van der Waals surface area contributed by atoms with E-state index in [1.807, 2.05) is 19.1 Å². The van der Waals surface area contributed by atoms with Gasteiger partial charge in [0, 0.05) is 26.2 Å². The Hall–Kier alpha value is -2.10. The Morgan fingerprint density at radius 2 is 1.88 bits per heavy atom. The average molecular weight is 512 g/mol. The number of morpholine rings is 1. The molecule has 33 heavy (non-hydrogen) atoms. The summed E-state index contributed by atoms with van der Waals surface area (Å²) in [6.07, 6.45) is 0. The fourth-order valence-electron chi connectivity index (χ4n) is 3.49. The molecule has 2 heterocycles. The van der Waals surface area contributed by atoms with Crippen LogP contribution < -0.4 is 14.4 Å². The molecule has 1 aromatic heterocycles. The van der Waals surface area contributed by atoms with Crippen molar-refractivity contribution < 1.29 is 19.0 Å². The van der Waals surface area contributed by atoms with E-state index in [-0.39, 0.29) is 24.9 Å². The van der Waals surface area contributed by atoms with Crippen molar-refractivity contribution in [3.8, 4) is 11.5 Å². The normalized spacial score (nSPS) is 14.0. The van der Waals surface area contributed by atoms with E-state index in [1.165, 1.54) is 11.3 Å². The number of nitrogens with zero attached hydrogens (tertiary/aromatic N) is 3. The standard InChI is InChI=1S/C23H26ClN3O4S.ClH/c1-16-3-8-19(24)22-21(16)25-23(32-22)27(10-9-26-11-13-30-14-12-26)20(28)15-31-18-6-4-17(29-2)5-7-18;/h3-8H,9-15H2,1-2H3;1H. The maximum absolute atomic E-state index is 13.2. The van der Waals surface area contributed by atoms with Crippen LogP contribution in [0.4, 0.5) is 5.13 Å². The first kappa shape index (κ1) is 25.5. The van der Waals surface area contributed by atoms with Crippen molar-refractivity contribution in [1.82, 2.24) is 9.88 Å². The van der Waals surface area contributed by atoms with Gasteiger partial charge in [-0.3, -0.25) is 14.6 Å².